The van der Waals surface area contributed by atoms with Crippen LogP contribution < -0.4 is 4.90 Å². The minimum atomic E-state index is 0.0944. The fraction of sp³-hybridized carbons (Fsp3) is 0.500. The molecule has 2 heterocycles. The Morgan fingerprint density at radius 3 is 2.61 bits per heavy atom. The molecule has 1 aromatic carbocycles. The highest BCUT2D eigenvalue weighted by molar-refractivity contribution is 5.95. The number of hydrogen-bond acceptors (Lipinski definition) is 5. The molecule has 1 fully saturated rings. The van der Waals surface area contributed by atoms with E-state index < -0.39 is 0 Å². The molecule has 0 N–H and O–H groups in total. The molecule has 1 aliphatic heterocycles. The van der Waals surface area contributed by atoms with Crippen molar-refractivity contribution in [1.82, 2.24) is 19.8 Å². The summed E-state index contributed by atoms with van der Waals surface area (Å²) in [7, 11) is 3.94. The van der Waals surface area contributed by atoms with E-state index in [-0.39, 0.29) is 5.91 Å². The predicted molar refractivity (Wildman–Crippen MR) is 114 cm³/mol. The van der Waals surface area contributed by atoms with Crippen molar-refractivity contribution in [1.29, 1.82) is 0 Å². The Hall–Kier alpha value is -2.47. The van der Waals surface area contributed by atoms with Crippen molar-refractivity contribution in [2.45, 2.75) is 26.7 Å². The predicted octanol–water partition coefficient (Wildman–Crippen LogP) is 3.08. The first-order valence-corrected chi connectivity index (χ1v) is 10.1. The number of benzene rings is 1. The zero-order chi connectivity index (χ0) is 20.1. The van der Waals surface area contributed by atoms with Crippen molar-refractivity contribution in [3.8, 4) is 11.4 Å². The first kappa shape index (κ1) is 20.3. The first-order chi connectivity index (χ1) is 13.5. The van der Waals surface area contributed by atoms with Gasteiger partial charge < -0.3 is 9.80 Å². The smallest absolute Gasteiger partial charge is 0.253 e. The number of aromatic nitrogens is 2. The number of carbonyl (C=O) groups excluding carboxylic acids is 1. The average Bonchev–Trinajstić information content (AvgIpc) is 2.72. The van der Waals surface area contributed by atoms with Crippen LogP contribution >= 0.6 is 0 Å². The van der Waals surface area contributed by atoms with Crippen molar-refractivity contribution in [2.75, 3.05) is 51.7 Å². The van der Waals surface area contributed by atoms with Crippen LogP contribution in [0.2, 0.25) is 0 Å². The fourth-order valence-corrected chi connectivity index (χ4v) is 3.56. The van der Waals surface area contributed by atoms with Crippen LogP contribution in [0.1, 0.15) is 35.7 Å². The van der Waals surface area contributed by atoms with Crippen molar-refractivity contribution in [3.05, 3.63) is 41.6 Å². The molecule has 0 bridgehead atoms. The van der Waals surface area contributed by atoms with E-state index >= 15 is 0 Å². The fourth-order valence-electron chi connectivity index (χ4n) is 3.56. The Morgan fingerprint density at radius 1 is 1.18 bits per heavy atom. The lowest BCUT2D eigenvalue weighted by Gasteiger charge is -2.34. The zero-order valence-corrected chi connectivity index (χ0v) is 17.5. The number of anilines is 1. The minimum Gasteiger partial charge on any atom is -0.362 e. The van der Waals surface area contributed by atoms with Crippen LogP contribution in [0.25, 0.3) is 11.4 Å². The number of rotatable bonds is 6. The molecular formula is C22H31N5O. The molecule has 0 aliphatic carbocycles. The molecule has 28 heavy (non-hydrogen) atoms. The summed E-state index contributed by atoms with van der Waals surface area (Å²) in [6.45, 7) is 8.84. The highest BCUT2D eigenvalue weighted by Crippen LogP contribution is 2.22. The lowest BCUT2D eigenvalue weighted by molar-refractivity contribution is 0.0636. The molecule has 6 heteroatoms. The third-order valence-corrected chi connectivity index (χ3v) is 5.22. The Balaban J connectivity index is 1.73. The van der Waals surface area contributed by atoms with E-state index in [9.17, 15) is 4.79 Å². The van der Waals surface area contributed by atoms with Crippen molar-refractivity contribution in [2.24, 2.45) is 0 Å². The van der Waals surface area contributed by atoms with Crippen LogP contribution in [-0.4, -0.2) is 72.5 Å². The molecule has 2 aromatic rings. The normalized spacial score (nSPS) is 14.9. The molecule has 150 valence electrons. The van der Waals surface area contributed by atoms with Gasteiger partial charge in [0, 0.05) is 63.2 Å². The first-order valence-electron chi connectivity index (χ1n) is 10.1. The maximum absolute atomic E-state index is 13.0. The SMILES string of the molecule is CCCCN1CCN(C(=O)c2cccc(-c3ncc(C)c(N(C)C)n3)c2)CC1. The maximum atomic E-state index is 13.0. The molecule has 0 saturated carbocycles. The average molecular weight is 382 g/mol. The molecule has 3 rings (SSSR count). The lowest BCUT2D eigenvalue weighted by Crippen LogP contribution is -2.48. The van der Waals surface area contributed by atoms with E-state index in [1.807, 2.05) is 61.3 Å². The highest BCUT2D eigenvalue weighted by atomic mass is 16.2. The van der Waals surface area contributed by atoms with E-state index in [0.717, 1.165) is 49.7 Å². The Labute approximate surface area is 168 Å². The Kier molecular flexibility index (Phi) is 6.62. The van der Waals surface area contributed by atoms with Gasteiger partial charge in [0.05, 0.1) is 0 Å². The van der Waals surface area contributed by atoms with Crippen molar-refractivity contribution >= 4 is 11.7 Å². The highest BCUT2D eigenvalue weighted by Gasteiger charge is 2.22. The molecule has 0 spiro atoms. The van der Waals surface area contributed by atoms with E-state index in [1.54, 1.807) is 0 Å². The maximum Gasteiger partial charge on any atom is 0.253 e. The molecule has 0 atom stereocenters. The summed E-state index contributed by atoms with van der Waals surface area (Å²) in [6, 6.07) is 7.68. The third kappa shape index (κ3) is 4.68. The molecule has 1 aromatic heterocycles. The van der Waals surface area contributed by atoms with Gasteiger partial charge in [0.2, 0.25) is 0 Å². The number of amides is 1. The molecule has 1 amide bonds. The molecular weight excluding hydrogens is 350 g/mol. The van der Waals surface area contributed by atoms with Gasteiger partial charge in [-0.15, -0.1) is 0 Å². The zero-order valence-electron chi connectivity index (χ0n) is 17.5. The van der Waals surface area contributed by atoms with Gasteiger partial charge in [-0.1, -0.05) is 25.5 Å². The molecule has 6 nitrogen and oxygen atoms in total. The van der Waals surface area contributed by atoms with Gasteiger partial charge in [-0.3, -0.25) is 9.69 Å². The van der Waals surface area contributed by atoms with Crippen molar-refractivity contribution in [3.63, 3.8) is 0 Å². The van der Waals surface area contributed by atoms with Crippen LogP contribution in [0.3, 0.4) is 0 Å². The summed E-state index contributed by atoms with van der Waals surface area (Å²) < 4.78 is 0. The molecule has 0 radical (unpaired) electrons. The summed E-state index contributed by atoms with van der Waals surface area (Å²) in [5.41, 5.74) is 2.60. The van der Waals surface area contributed by atoms with Gasteiger partial charge in [-0.2, -0.15) is 0 Å². The van der Waals surface area contributed by atoms with Gasteiger partial charge in [-0.05, 0) is 32.0 Å². The lowest BCUT2D eigenvalue weighted by atomic mass is 10.1. The topological polar surface area (TPSA) is 52.6 Å². The minimum absolute atomic E-state index is 0.0944. The summed E-state index contributed by atoms with van der Waals surface area (Å²) >= 11 is 0. The second kappa shape index (κ2) is 9.15. The van der Waals surface area contributed by atoms with Gasteiger partial charge in [0.15, 0.2) is 5.82 Å². The standard InChI is InChI=1S/C22H31N5O/c1-5-6-10-26-11-13-27(14-12-26)22(28)19-9-7-8-18(15-19)20-23-16-17(2)21(24-20)25(3)4/h7-9,15-16H,5-6,10-14H2,1-4H3. The number of piperazine rings is 1. The van der Waals surface area contributed by atoms with Crippen LogP contribution in [0.15, 0.2) is 30.5 Å². The summed E-state index contributed by atoms with van der Waals surface area (Å²) in [5.74, 6) is 1.63. The van der Waals surface area contributed by atoms with E-state index in [0.29, 0.717) is 11.4 Å². The van der Waals surface area contributed by atoms with Gasteiger partial charge >= 0.3 is 0 Å². The number of aryl methyl sites for hydroxylation is 1. The molecule has 1 aliphatic rings. The van der Waals surface area contributed by atoms with E-state index in [1.165, 1.54) is 12.8 Å². The van der Waals surface area contributed by atoms with Gasteiger partial charge in [0.25, 0.3) is 5.91 Å². The summed E-state index contributed by atoms with van der Waals surface area (Å²) in [4.78, 5) is 28.5. The third-order valence-electron chi connectivity index (χ3n) is 5.22. The second-order valence-electron chi connectivity index (χ2n) is 7.66. The van der Waals surface area contributed by atoms with Crippen molar-refractivity contribution < 1.29 is 4.79 Å². The largest absolute Gasteiger partial charge is 0.362 e. The van der Waals surface area contributed by atoms with Gasteiger partial charge in [-0.25, -0.2) is 9.97 Å². The van der Waals surface area contributed by atoms with Crippen LogP contribution in [0, 0.1) is 6.92 Å². The van der Waals surface area contributed by atoms with E-state index in [4.69, 9.17) is 0 Å². The molecule has 0 unspecified atom stereocenters. The molecule has 1 saturated heterocycles. The van der Waals surface area contributed by atoms with Gasteiger partial charge in [0.1, 0.15) is 5.82 Å². The number of hydrogen-bond donors (Lipinski definition) is 0. The Bertz CT molecular complexity index is 812. The van der Waals surface area contributed by atoms with Crippen LogP contribution in [0.5, 0.6) is 0 Å². The van der Waals surface area contributed by atoms with Crippen LogP contribution in [0.4, 0.5) is 5.82 Å². The monoisotopic (exact) mass is 381 g/mol. The quantitative estimate of drug-likeness (QED) is 0.770. The second-order valence-corrected chi connectivity index (χ2v) is 7.66. The Morgan fingerprint density at radius 2 is 1.93 bits per heavy atom. The van der Waals surface area contributed by atoms with E-state index in [2.05, 4.69) is 21.8 Å². The number of carbonyl (C=O) groups is 1. The number of unbranched alkanes of at least 4 members (excludes halogenated alkanes) is 1. The summed E-state index contributed by atoms with van der Waals surface area (Å²) in [5, 5.41) is 0. The summed E-state index contributed by atoms with van der Waals surface area (Å²) in [6.07, 6.45) is 4.27. The van der Waals surface area contributed by atoms with Crippen LogP contribution in [-0.2, 0) is 0 Å². The number of nitrogens with zero attached hydrogens (tertiary/aromatic N) is 5.